The van der Waals surface area contributed by atoms with Crippen LogP contribution in [-0.4, -0.2) is 70.3 Å². The average Bonchev–Trinajstić information content (AvgIpc) is 3.08. The minimum Gasteiger partial charge on any atom is -0.493 e. The Bertz CT molecular complexity index is 745. The molecule has 0 aliphatic carbocycles. The molecular formula is C21H34N6O4. The zero-order valence-electron chi connectivity index (χ0n) is 18.5. The highest BCUT2D eigenvalue weighted by Crippen LogP contribution is 2.40. The number of carbonyl (C=O) groups is 1. The first-order chi connectivity index (χ1) is 15.1. The van der Waals surface area contributed by atoms with Gasteiger partial charge in [0.2, 0.25) is 11.7 Å². The summed E-state index contributed by atoms with van der Waals surface area (Å²) in [6, 6.07) is 3.72. The Morgan fingerprint density at radius 1 is 0.968 bits per heavy atom. The van der Waals surface area contributed by atoms with Crippen LogP contribution in [0.25, 0.3) is 0 Å². The number of ether oxygens (including phenoxy) is 3. The summed E-state index contributed by atoms with van der Waals surface area (Å²) in [4.78, 5) is 15.2. The lowest BCUT2D eigenvalue weighted by Crippen LogP contribution is -2.76. The Hall–Kier alpha value is -2.27. The van der Waals surface area contributed by atoms with E-state index in [0.29, 0.717) is 23.8 Å². The number of methoxy groups -OCH3 is 3. The number of hydrogen-bond acceptors (Lipinski definition) is 9. The van der Waals surface area contributed by atoms with Gasteiger partial charge in [0, 0.05) is 43.5 Å². The van der Waals surface area contributed by atoms with Crippen LogP contribution in [0.15, 0.2) is 12.1 Å². The molecule has 4 atom stereocenters. The van der Waals surface area contributed by atoms with Crippen LogP contribution < -0.4 is 41.0 Å². The van der Waals surface area contributed by atoms with Crippen molar-refractivity contribution in [1.82, 2.24) is 26.4 Å². The van der Waals surface area contributed by atoms with Crippen LogP contribution >= 0.6 is 0 Å². The fraction of sp³-hybridized carbons (Fsp3) is 0.667. The van der Waals surface area contributed by atoms with E-state index >= 15 is 0 Å². The molecule has 3 saturated heterocycles. The predicted octanol–water partition coefficient (Wildman–Crippen LogP) is 0.422. The smallest absolute Gasteiger partial charge is 0.242 e. The maximum atomic E-state index is 12.7. The molecule has 10 nitrogen and oxygen atoms in total. The van der Waals surface area contributed by atoms with E-state index in [-0.39, 0.29) is 30.3 Å². The standard InChI is InChI=1S/C21H34N6O4/c1-29-15-10-13(11-16(30-2)18(15)31-3)23-19-17-14(12-22-26-20(17)28)24-21(25-19)27-8-6-4-5-7-9-27/h10-11,14,17,19,21-25H,4-9,12H2,1-3H3,(H,26,28). The third-order valence-corrected chi connectivity index (χ3v) is 6.33. The zero-order valence-corrected chi connectivity index (χ0v) is 18.5. The first-order valence-corrected chi connectivity index (χ1v) is 11.0. The minimum absolute atomic E-state index is 0.00259. The number of nitrogens with one attached hydrogen (secondary N) is 5. The van der Waals surface area contributed by atoms with Gasteiger partial charge in [-0.15, -0.1) is 0 Å². The lowest BCUT2D eigenvalue weighted by molar-refractivity contribution is -0.132. The van der Waals surface area contributed by atoms with Gasteiger partial charge in [0.25, 0.3) is 0 Å². The van der Waals surface area contributed by atoms with Crippen molar-refractivity contribution in [3.8, 4) is 17.2 Å². The second-order valence-electron chi connectivity index (χ2n) is 8.22. The lowest BCUT2D eigenvalue weighted by Gasteiger charge is -2.48. The van der Waals surface area contributed by atoms with Crippen LogP contribution in [0.4, 0.5) is 5.69 Å². The Labute approximate surface area is 183 Å². The van der Waals surface area contributed by atoms with Crippen LogP contribution in [0, 0.1) is 5.92 Å². The van der Waals surface area contributed by atoms with Gasteiger partial charge in [-0.1, -0.05) is 12.8 Å². The number of carbonyl (C=O) groups excluding carboxylic acids is 1. The molecule has 0 spiro atoms. The summed E-state index contributed by atoms with van der Waals surface area (Å²) >= 11 is 0. The highest BCUT2D eigenvalue weighted by atomic mass is 16.5. The first kappa shape index (κ1) is 21.9. The predicted molar refractivity (Wildman–Crippen MR) is 117 cm³/mol. The molecule has 5 N–H and O–H groups in total. The van der Waals surface area contributed by atoms with Crippen molar-refractivity contribution >= 4 is 11.6 Å². The second kappa shape index (κ2) is 9.90. The third-order valence-electron chi connectivity index (χ3n) is 6.33. The summed E-state index contributed by atoms with van der Waals surface area (Å²) in [7, 11) is 4.77. The molecule has 0 saturated carbocycles. The molecule has 0 aromatic heterocycles. The average molecular weight is 435 g/mol. The van der Waals surface area contributed by atoms with Gasteiger partial charge in [-0.2, -0.15) is 0 Å². The Balaban J connectivity index is 1.60. The molecule has 3 aliphatic heterocycles. The minimum atomic E-state index is -0.288. The quantitative estimate of drug-likeness (QED) is 0.435. The maximum Gasteiger partial charge on any atom is 0.242 e. The highest BCUT2D eigenvalue weighted by molar-refractivity contribution is 5.81. The molecule has 3 fully saturated rings. The molecule has 4 rings (SSSR count). The topological polar surface area (TPSA) is 108 Å². The largest absolute Gasteiger partial charge is 0.493 e. The van der Waals surface area contributed by atoms with E-state index in [0.717, 1.165) is 18.8 Å². The van der Waals surface area contributed by atoms with Crippen LogP contribution in [0.2, 0.25) is 0 Å². The number of hydrogen-bond donors (Lipinski definition) is 5. The van der Waals surface area contributed by atoms with E-state index in [9.17, 15) is 4.79 Å². The fourth-order valence-electron chi connectivity index (χ4n) is 4.75. The number of hydrazine groups is 1. The zero-order chi connectivity index (χ0) is 21.8. The summed E-state index contributed by atoms with van der Waals surface area (Å²) in [5, 5.41) is 10.8. The van der Waals surface area contributed by atoms with Gasteiger partial charge < -0.3 is 19.5 Å². The number of amides is 1. The second-order valence-corrected chi connectivity index (χ2v) is 8.22. The molecule has 1 aromatic carbocycles. The summed E-state index contributed by atoms with van der Waals surface area (Å²) in [5.74, 6) is 1.33. The van der Waals surface area contributed by atoms with E-state index in [1.807, 2.05) is 12.1 Å². The molecule has 3 aliphatic rings. The monoisotopic (exact) mass is 434 g/mol. The summed E-state index contributed by atoms with van der Waals surface area (Å²) in [6.07, 6.45) is 4.64. The third kappa shape index (κ3) is 4.67. The normalized spacial score (nSPS) is 29.3. The highest BCUT2D eigenvalue weighted by Gasteiger charge is 2.45. The van der Waals surface area contributed by atoms with Gasteiger partial charge in [0.1, 0.15) is 6.29 Å². The van der Waals surface area contributed by atoms with Crippen LogP contribution in [0.5, 0.6) is 17.2 Å². The van der Waals surface area contributed by atoms with Gasteiger partial charge >= 0.3 is 0 Å². The van der Waals surface area contributed by atoms with Gasteiger partial charge in [-0.25, -0.2) is 5.43 Å². The van der Waals surface area contributed by atoms with E-state index in [1.54, 1.807) is 21.3 Å². The molecule has 172 valence electrons. The van der Waals surface area contributed by atoms with Crippen molar-refractivity contribution < 1.29 is 19.0 Å². The Morgan fingerprint density at radius 2 is 1.65 bits per heavy atom. The van der Waals surface area contributed by atoms with Crippen molar-refractivity contribution in [1.29, 1.82) is 0 Å². The van der Waals surface area contributed by atoms with E-state index in [2.05, 4.69) is 31.7 Å². The van der Waals surface area contributed by atoms with Crippen molar-refractivity contribution in [3.05, 3.63) is 12.1 Å². The number of anilines is 1. The number of nitrogens with zero attached hydrogens (tertiary/aromatic N) is 1. The van der Waals surface area contributed by atoms with Crippen LogP contribution in [0.1, 0.15) is 25.7 Å². The van der Waals surface area contributed by atoms with Gasteiger partial charge in [0.15, 0.2) is 11.5 Å². The molecule has 1 amide bonds. The van der Waals surface area contributed by atoms with Gasteiger partial charge in [-0.05, 0) is 12.8 Å². The summed E-state index contributed by atoms with van der Waals surface area (Å²) in [6.45, 7) is 2.74. The van der Waals surface area contributed by atoms with Crippen LogP contribution in [-0.2, 0) is 4.79 Å². The van der Waals surface area contributed by atoms with Gasteiger partial charge in [-0.3, -0.25) is 25.8 Å². The molecule has 10 heteroatoms. The van der Waals surface area contributed by atoms with Crippen LogP contribution in [0.3, 0.4) is 0 Å². The molecular weight excluding hydrogens is 400 g/mol. The van der Waals surface area contributed by atoms with Crippen molar-refractivity contribution in [2.24, 2.45) is 5.92 Å². The van der Waals surface area contributed by atoms with E-state index in [1.165, 1.54) is 25.7 Å². The van der Waals surface area contributed by atoms with E-state index < -0.39 is 0 Å². The lowest BCUT2D eigenvalue weighted by atomic mass is 9.91. The first-order valence-electron chi connectivity index (χ1n) is 11.0. The Kier molecular flexibility index (Phi) is 7.01. The molecule has 1 aromatic rings. The Morgan fingerprint density at radius 3 is 2.26 bits per heavy atom. The molecule has 4 unspecified atom stereocenters. The number of fused-ring (bicyclic) bond motifs is 1. The van der Waals surface area contributed by atoms with E-state index in [4.69, 9.17) is 14.2 Å². The van der Waals surface area contributed by atoms with Crippen molar-refractivity contribution in [2.75, 3.05) is 46.3 Å². The van der Waals surface area contributed by atoms with Gasteiger partial charge in [0.05, 0.1) is 33.4 Å². The number of rotatable bonds is 6. The molecule has 31 heavy (non-hydrogen) atoms. The van der Waals surface area contributed by atoms with Crippen molar-refractivity contribution in [2.45, 2.75) is 44.2 Å². The fourth-order valence-corrected chi connectivity index (χ4v) is 4.75. The summed E-state index contributed by atoms with van der Waals surface area (Å²) in [5.41, 5.74) is 6.57. The number of likely N-dealkylation sites (tertiary alicyclic amines) is 1. The maximum absolute atomic E-state index is 12.7. The van der Waals surface area contributed by atoms with Crippen molar-refractivity contribution in [3.63, 3.8) is 0 Å². The number of benzene rings is 1. The summed E-state index contributed by atoms with van der Waals surface area (Å²) < 4.78 is 16.4. The SMILES string of the molecule is COc1cc(NC2NC(N3CCCCCC3)NC3CNNC(=O)C32)cc(OC)c1OC. The molecule has 0 radical (unpaired) electrons. The molecule has 3 heterocycles. The molecule has 0 bridgehead atoms.